The van der Waals surface area contributed by atoms with Crippen molar-refractivity contribution in [3.05, 3.63) is 0 Å². The van der Waals surface area contributed by atoms with E-state index in [1.54, 1.807) is 0 Å². The first-order valence-electron chi connectivity index (χ1n) is 9.88. The number of halogens is 1. The van der Waals surface area contributed by atoms with Gasteiger partial charge in [0.1, 0.15) is 0 Å². The highest BCUT2D eigenvalue weighted by atomic mass is 127. The number of hydrogen-bond acceptors (Lipinski definition) is 3. The number of thioether (sulfide) groups is 1. The third-order valence-corrected chi connectivity index (χ3v) is 6.71. The quantitative estimate of drug-likeness (QED) is 0.340. The second kappa shape index (κ2) is 11.9. The van der Waals surface area contributed by atoms with Crippen LogP contribution >= 0.6 is 35.7 Å². The van der Waals surface area contributed by atoms with Gasteiger partial charge in [0.2, 0.25) is 0 Å². The summed E-state index contributed by atoms with van der Waals surface area (Å²) in [6.07, 6.45) is 11.8. The molecule has 2 N–H and O–H groups in total. The van der Waals surface area contributed by atoms with Crippen molar-refractivity contribution in [3.8, 4) is 0 Å². The third-order valence-electron chi connectivity index (χ3n) is 5.48. The zero-order valence-corrected chi connectivity index (χ0v) is 19.8. The van der Waals surface area contributed by atoms with Gasteiger partial charge in [-0.25, -0.2) is 0 Å². The molecule has 0 atom stereocenters. The molecule has 0 bridgehead atoms. The average molecular weight is 483 g/mol. The van der Waals surface area contributed by atoms with E-state index in [0.717, 1.165) is 25.1 Å². The minimum atomic E-state index is 0. The van der Waals surface area contributed by atoms with Gasteiger partial charge in [-0.2, -0.15) is 11.8 Å². The molecule has 2 rings (SSSR count). The zero-order chi connectivity index (χ0) is 17.4. The fourth-order valence-electron chi connectivity index (χ4n) is 3.70. The predicted octanol–water partition coefficient (Wildman–Crippen LogP) is 4.10. The molecule has 0 aromatic rings. The van der Waals surface area contributed by atoms with Gasteiger partial charge in [-0.1, -0.05) is 19.3 Å². The van der Waals surface area contributed by atoms with Crippen molar-refractivity contribution in [2.45, 2.75) is 82.5 Å². The lowest BCUT2D eigenvalue weighted by Crippen LogP contribution is -2.51. The highest BCUT2D eigenvalue weighted by Gasteiger charge is 2.26. The lowest BCUT2D eigenvalue weighted by molar-refractivity contribution is 0.119. The van der Waals surface area contributed by atoms with Gasteiger partial charge in [0.25, 0.3) is 0 Å². The molecule has 1 aliphatic carbocycles. The van der Waals surface area contributed by atoms with Gasteiger partial charge >= 0.3 is 0 Å². The molecular formula is C19H39IN4S. The van der Waals surface area contributed by atoms with Crippen LogP contribution in [0.4, 0.5) is 0 Å². The summed E-state index contributed by atoms with van der Waals surface area (Å²) < 4.78 is 0.201. The number of hydrogen-bond donors (Lipinski definition) is 2. The normalized spacial score (nSPS) is 21.7. The first-order chi connectivity index (χ1) is 11.5. The van der Waals surface area contributed by atoms with Crippen LogP contribution in [0.2, 0.25) is 0 Å². The number of nitrogens with one attached hydrogen (secondary N) is 2. The molecule has 0 aromatic heterocycles. The molecule has 1 saturated carbocycles. The Bertz CT molecular complexity index is 389. The molecule has 1 heterocycles. The minimum Gasteiger partial charge on any atom is -0.357 e. The van der Waals surface area contributed by atoms with E-state index in [-0.39, 0.29) is 28.7 Å². The van der Waals surface area contributed by atoms with Gasteiger partial charge in [0.05, 0.1) is 6.54 Å². The Morgan fingerprint density at radius 1 is 1.12 bits per heavy atom. The van der Waals surface area contributed by atoms with Crippen LogP contribution in [0.5, 0.6) is 0 Å². The number of nitrogens with zero attached hydrogens (tertiary/aromatic N) is 2. The number of guanidine groups is 1. The molecule has 25 heavy (non-hydrogen) atoms. The fourth-order valence-corrected chi connectivity index (χ4v) is 3.90. The van der Waals surface area contributed by atoms with E-state index in [1.165, 1.54) is 58.0 Å². The van der Waals surface area contributed by atoms with Crippen LogP contribution in [0, 0.1) is 0 Å². The molecule has 0 aromatic carbocycles. The Kier molecular flexibility index (Phi) is 11.1. The second-order valence-electron chi connectivity index (χ2n) is 7.91. The summed E-state index contributed by atoms with van der Waals surface area (Å²) in [5, 5.41) is 7.10. The first-order valence-corrected chi connectivity index (χ1v) is 11.1. The monoisotopic (exact) mass is 482 g/mol. The average Bonchev–Trinajstić information content (AvgIpc) is 2.61. The Morgan fingerprint density at radius 3 is 2.32 bits per heavy atom. The standard InChI is InChI=1S/C19H38N4S.HI/c1-5-20-18(21-15-19(2,3)24-4)22-16-11-13-23(14-12-16)17-9-7-6-8-10-17;/h16-17H,5-15H2,1-4H3,(H2,20,21,22);1H. The Hall–Kier alpha value is 0.310. The second-order valence-corrected chi connectivity index (χ2v) is 9.42. The molecule has 0 spiro atoms. The van der Waals surface area contributed by atoms with E-state index in [1.807, 2.05) is 11.8 Å². The maximum absolute atomic E-state index is 4.82. The molecule has 0 radical (unpaired) electrons. The lowest BCUT2D eigenvalue weighted by Gasteiger charge is -2.39. The Labute approximate surface area is 176 Å². The maximum Gasteiger partial charge on any atom is 0.191 e. The number of aliphatic imine (C=N–C) groups is 1. The van der Waals surface area contributed by atoms with E-state index < -0.39 is 0 Å². The summed E-state index contributed by atoms with van der Waals surface area (Å²) in [5.74, 6) is 0.996. The van der Waals surface area contributed by atoms with E-state index in [0.29, 0.717) is 6.04 Å². The molecule has 2 aliphatic rings. The topological polar surface area (TPSA) is 39.7 Å². The first kappa shape index (κ1) is 23.3. The van der Waals surface area contributed by atoms with Gasteiger partial charge in [-0.05, 0) is 52.7 Å². The van der Waals surface area contributed by atoms with Crippen molar-refractivity contribution < 1.29 is 0 Å². The molecule has 1 aliphatic heterocycles. The highest BCUT2D eigenvalue weighted by Crippen LogP contribution is 2.25. The van der Waals surface area contributed by atoms with Gasteiger partial charge < -0.3 is 15.5 Å². The molecule has 2 fully saturated rings. The van der Waals surface area contributed by atoms with Gasteiger partial charge in [0, 0.05) is 36.5 Å². The van der Waals surface area contributed by atoms with Crippen LogP contribution < -0.4 is 10.6 Å². The highest BCUT2D eigenvalue weighted by molar-refractivity contribution is 14.0. The minimum absolute atomic E-state index is 0. The van der Waals surface area contributed by atoms with E-state index in [4.69, 9.17) is 4.99 Å². The molecule has 0 amide bonds. The van der Waals surface area contributed by atoms with Gasteiger partial charge in [0.15, 0.2) is 5.96 Å². The summed E-state index contributed by atoms with van der Waals surface area (Å²) >= 11 is 1.88. The van der Waals surface area contributed by atoms with Crippen molar-refractivity contribution in [1.29, 1.82) is 0 Å². The number of likely N-dealkylation sites (tertiary alicyclic amines) is 1. The smallest absolute Gasteiger partial charge is 0.191 e. The van der Waals surface area contributed by atoms with E-state index in [9.17, 15) is 0 Å². The fraction of sp³-hybridized carbons (Fsp3) is 0.947. The van der Waals surface area contributed by atoms with Crippen LogP contribution in [0.3, 0.4) is 0 Å². The Morgan fingerprint density at radius 2 is 1.76 bits per heavy atom. The van der Waals surface area contributed by atoms with Crippen LogP contribution in [0.15, 0.2) is 4.99 Å². The van der Waals surface area contributed by atoms with Crippen molar-refractivity contribution in [2.24, 2.45) is 4.99 Å². The van der Waals surface area contributed by atoms with Crippen LogP contribution in [-0.2, 0) is 0 Å². The summed E-state index contributed by atoms with van der Waals surface area (Å²) in [4.78, 5) is 7.57. The van der Waals surface area contributed by atoms with Crippen LogP contribution in [0.1, 0.15) is 65.7 Å². The molecule has 148 valence electrons. The molecular weight excluding hydrogens is 443 g/mol. The van der Waals surface area contributed by atoms with Crippen molar-refractivity contribution in [3.63, 3.8) is 0 Å². The summed E-state index contributed by atoms with van der Waals surface area (Å²) in [6.45, 7) is 10.9. The van der Waals surface area contributed by atoms with Crippen LogP contribution in [-0.4, -0.2) is 60.1 Å². The molecule has 1 saturated heterocycles. The zero-order valence-electron chi connectivity index (χ0n) is 16.6. The van der Waals surface area contributed by atoms with Crippen molar-refractivity contribution in [2.75, 3.05) is 32.4 Å². The third kappa shape index (κ3) is 8.24. The van der Waals surface area contributed by atoms with Crippen LogP contribution in [0.25, 0.3) is 0 Å². The molecule has 0 unspecified atom stereocenters. The van der Waals surface area contributed by atoms with Crippen molar-refractivity contribution >= 4 is 41.7 Å². The van der Waals surface area contributed by atoms with Gasteiger partial charge in [-0.3, -0.25) is 4.99 Å². The molecule has 6 heteroatoms. The van der Waals surface area contributed by atoms with E-state index in [2.05, 4.69) is 42.6 Å². The maximum atomic E-state index is 4.82. The van der Waals surface area contributed by atoms with Gasteiger partial charge in [-0.15, -0.1) is 24.0 Å². The largest absolute Gasteiger partial charge is 0.357 e. The summed E-state index contributed by atoms with van der Waals surface area (Å²) in [6, 6.07) is 1.43. The molecule has 4 nitrogen and oxygen atoms in total. The lowest BCUT2D eigenvalue weighted by atomic mass is 9.92. The van der Waals surface area contributed by atoms with Crippen molar-refractivity contribution in [1.82, 2.24) is 15.5 Å². The Balaban J connectivity index is 0.00000312. The number of rotatable bonds is 6. The predicted molar refractivity (Wildman–Crippen MR) is 124 cm³/mol. The summed E-state index contributed by atoms with van der Waals surface area (Å²) in [7, 11) is 0. The SMILES string of the molecule is CCNC(=NCC(C)(C)SC)NC1CCN(C2CCCCC2)CC1.I. The van der Waals surface area contributed by atoms with E-state index >= 15 is 0 Å². The number of piperidine rings is 1. The summed E-state index contributed by atoms with van der Waals surface area (Å²) in [5.41, 5.74) is 0.